The van der Waals surface area contributed by atoms with E-state index >= 15 is 0 Å². The number of aromatic nitrogens is 1. The largest absolute Gasteiger partial charge is 0.354 e. The van der Waals surface area contributed by atoms with Gasteiger partial charge in [-0.25, -0.2) is 18.6 Å². The molecule has 4 rings (SSSR count). The van der Waals surface area contributed by atoms with Crippen LogP contribution in [-0.4, -0.2) is 72.0 Å². The average Bonchev–Trinajstić information content (AvgIpc) is 3.23. The highest BCUT2D eigenvalue weighted by Gasteiger charge is 2.35. The summed E-state index contributed by atoms with van der Waals surface area (Å²) in [6, 6.07) is 4.05. The van der Waals surface area contributed by atoms with Gasteiger partial charge in [0, 0.05) is 76.1 Å². The number of halogens is 2. The number of likely N-dealkylation sites (tertiary alicyclic amines) is 1. The monoisotopic (exact) mass is 393 g/mol. The van der Waals surface area contributed by atoms with Crippen LogP contribution in [0, 0.1) is 0 Å². The summed E-state index contributed by atoms with van der Waals surface area (Å²) in [7, 11) is 0. The van der Waals surface area contributed by atoms with Gasteiger partial charge < -0.3 is 15.1 Å². The minimum atomic E-state index is -2.65. The van der Waals surface area contributed by atoms with Crippen molar-refractivity contribution in [2.24, 2.45) is 0 Å². The summed E-state index contributed by atoms with van der Waals surface area (Å²) in [5, 5.41) is 2.84. The van der Waals surface area contributed by atoms with Gasteiger partial charge in [0.05, 0.1) is 0 Å². The smallest absolute Gasteiger partial charge is 0.321 e. The molecule has 154 valence electrons. The molecule has 2 amide bonds. The van der Waals surface area contributed by atoms with E-state index < -0.39 is 5.92 Å². The van der Waals surface area contributed by atoms with Crippen LogP contribution in [0.15, 0.2) is 18.3 Å². The van der Waals surface area contributed by atoms with Crippen molar-refractivity contribution in [3.05, 3.63) is 18.3 Å². The standard InChI is InChI=1S/C20H29F2N5O/c21-20(22)6-9-27(10-7-20)19(28)24-16-5-8-23-18(15-16)26-13-11-25(12-14-26)17-3-1-2-4-17/h5,8,15,17H,1-4,6-7,9-14H2,(H,23,24,28). The van der Waals surface area contributed by atoms with Crippen molar-refractivity contribution >= 4 is 17.5 Å². The molecule has 1 aromatic heterocycles. The maximum atomic E-state index is 13.3. The zero-order valence-corrected chi connectivity index (χ0v) is 16.2. The van der Waals surface area contributed by atoms with Crippen molar-refractivity contribution in [1.82, 2.24) is 14.8 Å². The van der Waals surface area contributed by atoms with Crippen LogP contribution < -0.4 is 10.2 Å². The van der Waals surface area contributed by atoms with Gasteiger partial charge in [-0.3, -0.25) is 4.90 Å². The molecule has 0 bridgehead atoms. The number of alkyl halides is 2. The Bertz CT molecular complexity index is 677. The van der Waals surface area contributed by atoms with E-state index in [9.17, 15) is 13.6 Å². The summed E-state index contributed by atoms with van der Waals surface area (Å²) in [4.78, 5) is 23.2. The average molecular weight is 393 g/mol. The highest BCUT2D eigenvalue weighted by Crippen LogP contribution is 2.28. The van der Waals surface area contributed by atoms with Gasteiger partial charge in [-0.2, -0.15) is 0 Å². The number of nitrogens with zero attached hydrogens (tertiary/aromatic N) is 4. The highest BCUT2D eigenvalue weighted by molar-refractivity contribution is 5.89. The first kappa shape index (κ1) is 19.4. The summed E-state index contributed by atoms with van der Waals surface area (Å²) < 4.78 is 26.6. The Morgan fingerprint density at radius 1 is 1.07 bits per heavy atom. The first-order valence-electron chi connectivity index (χ1n) is 10.4. The molecular weight excluding hydrogens is 364 g/mol. The van der Waals surface area contributed by atoms with Crippen LogP contribution in [0.4, 0.5) is 25.1 Å². The number of carbonyl (C=O) groups is 1. The lowest BCUT2D eigenvalue weighted by Gasteiger charge is -2.38. The maximum Gasteiger partial charge on any atom is 0.321 e. The molecule has 1 aromatic rings. The molecule has 0 spiro atoms. The van der Waals surface area contributed by atoms with Crippen molar-refractivity contribution < 1.29 is 13.6 Å². The summed E-state index contributed by atoms with van der Waals surface area (Å²) >= 11 is 0. The van der Waals surface area contributed by atoms with E-state index in [0.717, 1.165) is 38.0 Å². The Labute approximate surface area is 164 Å². The lowest BCUT2D eigenvalue weighted by Crippen LogP contribution is -2.50. The van der Waals surface area contributed by atoms with E-state index in [4.69, 9.17) is 0 Å². The molecule has 3 aliphatic rings. The first-order valence-corrected chi connectivity index (χ1v) is 10.4. The predicted octanol–water partition coefficient (Wildman–Crippen LogP) is 3.41. The predicted molar refractivity (Wildman–Crippen MR) is 105 cm³/mol. The van der Waals surface area contributed by atoms with Crippen LogP contribution in [0.2, 0.25) is 0 Å². The molecule has 2 aliphatic heterocycles. The Balaban J connectivity index is 1.31. The minimum absolute atomic E-state index is 0.0832. The van der Waals surface area contributed by atoms with Crippen LogP contribution in [0.5, 0.6) is 0 Å². The molecule has 28 heavy (non-hydrogen) atoms. The number of anilines is 2. The molecule has 3 fully saturated rings. The topological polar surface area (TPSA) is 51.7 Å². The second kappa shape index (κ2) is 8.19. The third kappa shape index (κ3) is 4.54. The second-order valence-electron chi connectivity index (χ2n) is 8.14. The number of rotatable bonds is 3. The van der Waals surface area contributed by atoms with Crippen molar-refractivity contribution in [3.8, 4) is 0 Å². The second-order valence-corrected chi connectivity index (χ2v) is 8.14. The number of urea groups is 1. The van der Waals surface area contributed by atoms with Crippen LogP contribution in [0.1, 0.15) is 38.5 Å². The first-order chi connectivity index (χ1) is 13.5. The number of piperazine rings is 1. The van der Waals surface area contributed by atoms with E-state index in [0.29, 0.717) is 5.69 Å². The van der Waals surface area contributed by atoms with Crippen molar-refractivity contribution in [2.75, 3.05) is 49.5 Å². The van der Waals surface area contributed by atoms with Crippen LogP contribution in [0.3, 0.4) is 0 Å². The summed E-state index contributed by atoms with van der Waals surface area (Å²) in [6.07, 6.45) is 6.50. The van der Waals surface area contributed by atoms with Gasteiger partial charge in [0.1, 0.15) is 5.82 Å². The molecular formula is C20H29F2N5O. The van der Waals surface area contributed by atoms with E-state index in [2.05, 4.69) is 20.1 Å². The number of nitrogens with one attached hydrogen (secondary N) is 1. The molecule has 0 atom stereocenters. The minimum Gasteiger partial charge on any atom is -0.354 e. The fraction of sp³-hybridized carbons (Fsp3) is 0.700. The fourth-order valence-corrected chi connectivity index (χ4v) is 4.49. The fourth-order valence-electron chi connectivity index (χ4n) is 4.49. The van der Waals surface area contributed by atoms with Crippen LogP contribution >= 0.6 is 0 Å². The van der Waals surface area contributed by atoms with Crippen molar-refractivity contribution in [3.63, 3.8) is 0 Å². The third-order valence-electron chi connectivity index (χ3n) is 6.26. The molecule has 6 nitrogen and oxygen atoms in total. The quantitative estimate of drug-likeness (QED) is 0.855. The summed E-state index contributed by atoms with van der Waals surface area (Å²) in [5.74, 6) is -1.80. The van der Waals surface area contributed by atoms with E-state index in [-0.39, 0.29) is 32.0 Å². The zero-order valence-electron chi connectivity index (χ0n) is 16.2. The zero-order chi connectivity index (χ0) is 19.6. The Morgan fingerprint density at radius 2 is 1.75 bits per heavy atom. The molecule has 0 radical (unpaired) electrons. The number of piperidine rings is 1. The lowest BCUT2D eigenvalue weighted by molar-refractivity contribution is -0.0461. The van der Waals surface area contributed by atoms with Crippen LogP contribution in [-0.2, 0) is 0 Å². The number of amides is 2. The normalized spacial score (nSPS) is 23.8. The van der Waals surface area contributed by atoms with Gasteiger partial charge in [0.2, 0.25) is 0 Å². The molecule has 0 aromatic carbocycles. The van der Waals surface area contributed by atoms with Gasteiger partial charge in [-0.15, -0.1) is 0 Å². The number of carbonyl (C=O) groups excluding carboxylic acids is 1. The third-order valence-corrected chi connectivity index (χ3v) is 6.26. The lowest BCUT2D eigenvalue weighted by atomic mass is 10.1. The molecule has 3 heterocycles. The van der Waals surface area contributed by atoms with E-state index in [1.54, 1.807) is 12.3 Å². The number of hydrogen-bond acceptors (Lipinski definition) is 4. The number of hydrogen-bond donors (Lipinski definition) is 1. The van der Waals surface area contributed by atoms with Gasteiger partial charge in [0.25, 0.3) is 5.92 Å². The van der Waals surface area contributed by atoms with Gasteiger partial charge >= 0.3 is 6.03 Å². The molecule has 0 unspecified atom stereocenters. The Morgan fingerprint density at radius 3 is 2.43 bits per heavy atom. The van der Waals surface area contributed by atoms with Gasteiger partial charge in [-0.05, 0) is 18.9 Å². The maximum absolute atomic E-state index is 13.3. The number of pyridine rings is 1. The summed E-state index contributed by atoms with van der Waals surface area (Å²) in [6.45, 7) is 4.12. The molecule has 1 aliphatic carbocycles. The molecule has 1 N–H and O–H groups in total. The summed E-state index contributed by atoms with van der Waals surface area (Å²) in [5.41, 5.74) is 0.658. The molecule has 1 saturated carbocycles. The SMILES string of the molecule is O=C(Nc1ccnc(N2CCN(C3CCCC3)CC2)c1)N1CCC(F)(F)CC1. The van der Waals surface area contributed by atoms with E-state index in [1.807, 2.05) is 6.07 Å². The van der Waals surface area contributed by atoms with Crippen molar-refractivity contribution in [1.29, 1.82) is 0 Å². The molecule has 8 heteroatoms. The van der Waals surface area contributed by atoms with Gasteiger partial charge in [-0.1, -0.05) is 12.8 Å². The highest BCUT2D eigenvalue weighted by atomic mass is 19.3. The van der Waals surface area contributed by atoms with Crippen LogP contribution in [0.25, 0.3) is 0 Å². The Kier molecular flexibility index (Phi) is 5.66. The Hall–Kier alpha value is -1.96. The molecule has 2 saturated heterocycles. The van der Waals surface area contributed by atoms with Crippen molar-refractivity contribution in [2.45, 2.75) is 50.5 Å². The van der Waals surface area contributed by atoms with Gasteiger partial charge in [0.15, 0.2) is 0 Å². The van der Waals surface area contributed by atoms with E-state index in [1.165, 1.54) is 30.6 Å².